The molecule has 2 unspecified atom stereocenters. The first-order valence-corrected chi connectivity index (χ1v) is 10.2. The molecule has 0 radical (unpaired) electrons. The van der Waals surface area contributed by atoms with Crippen molar-refractivity contribution in [3.63, 3.8) is 0 Å². The highest BCUT2D eigenvalue weighted by molar-refractivity contribution is 6.07. The van der Waals surface area contributed by atoms with Crippen LogP contribution < -0.4 is 4.90 Å². The Bertz CT molecular complexity index is 1030. The van der Waals surface area contributed by atoms with Gasteiger partial charge in [-0.05, 0) is 24.8 Å². The molecular weight excluding hydrogens is 420 g/mol. The maximum Gasteiger partial charge on any atom is 0.326 e. The molecule has 170 valence electrons. The Morgan fingerprint density at radius 3 is 2.78 bits per heavy atom. The predicted molar refractivity (Wildman–Crippen MR) is 115 cm³/mol. The highest BCUT2D eigenvalue weighted by Gasteiger charge is 2.36. The summed E-state index contributed by atoms with van der Waals surface area (Å²) in [6, 6.07) is 5.30. The molecule has 2 N–H and O–H groups in total. The number of benzene rings is 1. The van der Waals surface area contributed by atoms with Gasteiger partial charge in [-0.25, -0.2) is 23.5 Å². The Morgan fingerprint density at radius 1 is 1.34 bits per heavy atom. The zero-order valence-electron chi connectivity index (χ0n) is 17.9. The molecule has 2 aromatic rings. The van der Waals surface area contributed by atoms with Crippen LogP contribution in [0.3, 0.4) is 0 Å². The number of nitrogens with zero attached hydrogens (tertiary/aromatic N) is 4. The Labute approximate surface area is 184 Å². The van der Waals surface area contributed by atoms with Crippen molar-refractivity contribution >= 4 is 23.4 Å². The maximum absolute atomic E-state index is 14.5. The summed E-state index contributed by atoms with van der Waals surface area (Å²) in [5.41, 5.74) is 0.296. The lowest BCUT2D eigenvalue weighted by molar-refractivity contribution is -0.140. The molecule has 1 saturated heterocycles. The maximum atomic E-state index is 14.5. The van der Waals surface area contributed by atoms with Crippen LogP contribution in [0.2, 0.25) is 0 Å². The van der Waals surface area contributed by atoms with Gasteiger partial charge in [0, 0.05) is 12.1 Å². The van der Waals surface area contributed by atoms with Gasteiger partial charge >= 0.3 is 5.97 Å². The van der Waals surface area contributed by atoms with E-state index >= 15 is 0 Å². The molecule has 8 nitrogen and oxygen atoms in total. The number of aliphatic imine (C=N–C) groups is 1. The molecule has 0 amide bonds. The number of piperidine rings is 1. The monoisotopic (exact) mass is 445 g/mol. The number of anilines is 1. The first kappa shape index (κ1) is 23.2. The van der Waals surface area contributed by atoms with Crippen LogP contribution in [0.25, 0.3) is 0 Å². The lowest BCUT2D eigenvalue weighted by Gasteiger charge is -2.38. The van der Waals surface area contributed by atoms with Gasteiger partial charge < -0.3 is 20.2 Å². The molecule has 1 aromatic heterocycles. The van der Waals surface area contributed by atoms with Crippen molar-refractivity contribution in [2.45, 2.75) is 38.8 Å². The molecule has 2 atom stereocenters. The van der Waals surface area contributed by atoms with E-state index in [1.165, 1.54) is 18.1 Å². The van der Waals surface area contributed by atoms with E-state index in [0.717, 1.165) is 12.6 Å². The minimum absolute atomic E-state index is 0.0324. The zero-order valence-corrected chi connectivity index (χ0v) is 17.9. The van der Waals surface area contributed by atoms with E-state index in [1.54, 1.807) is 18.2 Å². The molecule has 0 bridgehead atoms. The minimum atomic E-state index is -1.05. The third kappa shape index (κ3) is 5.24. The van der Waals surface area contributed by atoms with E-state index in [2.05, 4.69) is 15.0 Å². The number of rotatable bonds is 7. The second-order valence-corrected chi connectivity index (χ2v) is 7.62. The number of hydrogen-bond donors (Lipinski definition) is 2. The Morgan fingerprint density at radius 2 is 2.09 bits per heavy atom. The molecule has 0 aliphatic carbocycles. The summed E-state index contributed by atoms with van der Waals surface area (Å²) >= 11 is 0. The fraction of sp³-hybridized carbons (Fsp3) is 0.409. The summed E-state index contributed by atoms with van der Waals surface area (Å²) in [7, 11) is 1.39. The summed E-state index contributed by atoms with van der Waals surface area (Å²) in [4.78, 5) is 25.5. The van der Waals surface area contributed by atoms with Gasteiger partial charge in [-0.15, -0.1) is 0 Å². The lowest BCUT2D eigenvalue weighted by atomic mass is 9.91. The Balaban J connectivity index is 1.80. The van der Waals surface area contributed by atoms with Crippen LogP contribution in [0, 0.1) is 23.0 Å². The van der Waals surface area contributed by atoms with Gasteiger partial charge in [-0.3, -0.25) is 4.99 Å². The minimum Gasteiger partial charge on any atom is -0.484 e. The van der Waals surface area contributed by atoms with E-state index in [9.17, 15) is 18.7 Å². The number of ether oxygens (including phenoxy) is 1. The molecular formula is C22H25F2N5O3. The molecule has 1 fully saturated rings. The molecule has 0 saturated carbocycles. The van der Waals surface area contributed by atoms with Gasteiger partial charge in [-0.1, -0.05) is 25.1 Å². The van der Waals surface area contributed by atoms with Crippen LogP contribution in [0.1, 0.15) is 37.6 Å². The largest absolute Gasteiger partial charge is 0.484 e. The lowest BCUT2D eigenvalue weighted by Crippen LogP contribution is -2.50. The number of aromatic nitrogens is 2. The van der Waals surface area contributed by atoms with Crippen LogP contribution in [-0.4, -0.2) is 52.3 Å². The third-order valence-corrected chi connectivity index (χ3v) is 5.40. The van der Waals surface area contributed by atoms with Crippen molar-refractivity contribution < 1.29 is 23.4 Å². The van der Waals surface area contributed by atoms with Gasteiger partial charge in [0.2, 0.25) is 0 Å². The highest BCUT2D eigenvalue weighted by Crippen LogP contribution is 2.29. The number of hydrogen-bond acceptors (Lipinski definition) is 7. The standard InChI is InChI=1S/C22H25F2N5O3/c1-13-6-5-9-29(19(13)22(30)31)21-16(24)12-27-20(28-21)17(25)10-18(32-2)26-11-14-7-3-4-8-15(14)23/h3-4,7-8,12-13,19,25H,5-6,9-11H2,1-2H3,(H,30,31). The molecule has 10 heteroatoms. The predicted octanol–water partition coefficient (Wildman–Crippen LogP) is 3.45. The smallest absolute Gasteiger partial charge is 0.326 e. The molecule has 2 heterocycles. The number of carbonyl (C=O) groups is 1. The average molecular weight is 445 g/mol. The van der Waals surface area contributed by atoms with Crippen molar-refractivity contribution in [1.29, 1.82) is 5.41 Å². The number of aliphatic carboxylic acids is 1. The quantitative estimate of drug-likeness (QED) is 0.499. The van der Waals surface area contributed by atoms with E-state index in [0.29, 0.717) is 18.5 Å². The van der Waals surface area contributed by atoms with Crippen molar-refractivity contribution in [3.05, 3.63) is 53.5 Å². The second kappa shape index (κ2) is 10.3. The number of methoxy groups -OCH3 is 1. The Kier molecular flexibility index (Phi) is 7.45. The van der Waals surface area contributed by atoms with Crippen molar-refractivity contribution in [3.8, 4) is 0 Å². The summed E-state index contributed by atoms with van der Waals surface area (Å²) in [5, 5.41) is 18.0. The first-order chi connectivity index (χ1) is 15.3. The SMILES string of the molecule is COC(CC(=N)c1ncc(F)c(N2CCCC(C)C2C(=O)O)n1)=NCc1ccccc1F. The van der Waals surface area contributed by atoms with Crippen LogP contribution in [0.5, 0.6) is 0 Å². The molecule has 3 rings (SSSR count). The fourth-order valence-corrected chi connectivity index (χ4v) is 3.73. The van der Waals surface area contributed by atoms with Crippen molar-refractivity contribution in [2.75, 3.05) is 18.6 Å². The number of halogens is 2. The van der Waals surface area contributed by atoms with Crippen LogP contribution in [-0.2, 0) is 16.1 Å². The molecule has 32 heavy (non-hydrogen) atoms. The van der Waals surface area contributed by atoms with Gasteiger partial charge in [0.1, 0.15) is 11.9 Å². The molecule has 1 aliphatic heterocycles. The average Bonchev–Trinajstić information content (AvgIpc) is 2.77. The van der Waals surface area contributed by atoms with Crippen LogP contribution in [0.4, 0.5) is 14.6 Å². The second-order valence-electron chi connectivity index (χ2n) is 7.62. The molecule has 1 aliphatic rings. The summed E-state index contributed by atoms with van der Waals surface area (Å²) in [5.74, 6) is -2.39. The highest BCUT2D eigenvalue weighted by atomic mass is 19.1. The summed E-state index contributed by atoms with van der Waals surface area (Å²) < 4.78 is 33.5. The molecule has 0 spiro atoms. The molecule has 1 aromatic carbocycles. The van der Waals surface area contributed by atoms with Gasteiger partial charge in [-0.2, -0.15) is 0 Å². The van der Waals surface area contributed by atoms with Crippen molar-refractivity contribution in [2.24, 2.45) is 10.9 Å². The van der Waals surface area contributed by atoms with E-state index < -0.39 is 23.6 Å². The normalized spacial score (nSPS) is 19.0. The van der Waals surface area contributed by atoms with Gasteiger partial charge in [0.15, 0.2) is 23.4 Å². The van der Waals surface area contributed by atoms with Gasteiger partial charge in [0.05, 0.1) is 32.0 Å². The van der Waals surface area contributed by atoms with Crippen molar-refractivity contribution in [1.82, 2.24) is 9.97 Å². The Hall–Kier alpha value is -3.43. The summed E-state index contributed by atoms with van der Waals surface area (Å²) in [6.07, 6.45) is 2.28. The number of carboxylic acid groups (broad SMARTS) is 1. The van der Waals surface area contributed by atoms with Gasteiger partial charge in [0.25, 0.3) is 0 Å². The number of nitrogens with one attached hydrogen (secondary N) is 1. The fourth-order valence-electron chi connectivity index (χ4n) is 3.73. The van der Waals surface area contributed by atoms with E-state index in [-0.39, 0.29) is 42.1 Å². The zero-order chi connectivity index (χ0) is 23.3. The van der Waals surface area contributed by atoms with Crippen LogP contribution in [0.15, 0.2) is 35.5 Å². The summed E-state index contributed by atoms with van der Waals surface area (Å²) in [6.45, 7) is 2.18. The topological polar surface area (TPSA) is 112 Å². The first-order valence-electron chi connectivity index (χ1n) is 10.2. The van der Waals surface area contributed by atoms with E-state index in [1.807, 2.05) is 6.92 Å². The van der Waals surface area contributed by atoms with E-state index in [4.69, 9.17) is 10.1 Å². The number of carboxylic acids is 1. The third-order valence-electron chi connectivity index (χ3n) is 5.40. The van der Waals surface area contributed by atoms with Crippen LogP contribution >= 0.6 is 0 Å².